The summed E-state index contributed by atoms with van der Waals surface area (Å²) in [4.78, 5) is 30.2. The number of carboxylic acid groups (broad SMARTS) is 1. The summed E-state index contributed by atoms with van der Waals surface area (Å²) in [5.41, 5.74) is 2.57. The van der Waals surface area contributed by atoms with Crippen LogP contribution in [0.5, 0.6) is 0 Å². The SMILES string of the molecule is CCC(F)CC.CCCc1cn(C(C)CC(C)C)c(=O)cc1C.CCOC(C)=O.O=CO. The van der Waals surface area contributed by atoms with Crippen molar-refractivity contribution in [2.24, 2.45) is 5.92 Å². The number of halogens is 1. The van der Waals surface area contributed by atoms with Crippen LogP contribution in [0.3, 0.4) is 0 Å². The van der Waals surface area contributed by atoms with Gasteiger partial charge in [0, 0.05) is 25.2 Å². The summed E-state index contributed by atoms with van der Waals surface area (Å²) in [6, 6.07) is 2.07. The lowest BCUT2D eigenvalue weighted by atomic mass is 10.0. The first-order chi connectivity index (χ1) is 14.9. The lowest BCUT2D eigenvalue weighted by Crippen LogP contribution is -2.24. The highest BCUT2D eigenvalue weighted by Gasteiger charge is 2.10. The van der Waals surface area contributed by atoms with Gasteiger partial charge in [-0.3, -0.25) is 14.4 Å². The van der Waals surface area contributed by atoms with Crippen molar-refractivity contribution in [2.45, 2.75) is 107 Å². The molecule has 1 atom stereocenters. The number of rotatable bonds is 8. The van der Waals surface area contributed by atoms with Crippen molar-refractivity contribution in [2.75, 3.05) is 6.61 Å². The smallest absolute Gasteiger partial charge is 0.302 e. The number of hydrogen-bond acceptors (Lipinski definition) is 4. The third-order valence-corrected chi connectivity index (χ3v) is 4.44. The fourth-order valence-electron chi connectivity index (χ4n) is 2.85. The van der Waals surface area contributed by atoms with Crippen molar-refractivity contribution in [1.29, 1.82) is 0 Å². The molecule has 0 aromatic carbocycles. The number of pyridine rings is 1. The molecular weight excluding hydrogens is 413 g/mol. The zero-order valence-corrected chi connectivity index (χ0v) is 21.6. The first-order valence-corrected chi connectivity index (χ1v) is 11.5. The fraction of sp³-hybridized carbons (Fsp3) is 0.720. The van der Waals surface area contributed by atoms with Crippen molar-refractivity contribution in [1.82, 2.24) is 4.57 Å². The molecule has 0 aliphatic carbocycles. The largest absolute Gasteiger partial charge is 0.483 e. The van der Waals surface area contributed by atoms with Crippen LogP contribution in [0, 0.1) is 12.8 Å². The van der Waals surface area contributed by atoms with Crippen LogP contribution in [0.15, 0.2) is 17.1 Å². The molecule has 0 fully saturated rings. The molecule has 0 saturated heterocycles. The normalized spacial score (nSPS) is 10.6. The fourth-order valence-corrected chi connectivity index (χ4v) is 2.85. The molecule has 1 aromatic rings. The monoisotopic (exact) mass is 459 g/mol. The van der Waals surface area contributed by atoms with Crippen molar-refractivity contribution < 1.29 is 23.8 Å². The molecule has 0 amide bonds. The summed E-state index contributed by atoms with van der Waals surface area (Å²) >= 11 is 0. The topological polar surface area (TPSA) is 85.6 Å². The van der Waals surface area contributed by atoms with Gasteiger partial charge in [0.05, 0.1) is 12.8 Å². The van der Waals surface area contributed by atoms with Crippen molar-refractivity contribution in [3.8, 4) is 0 Å². The van der Waals surface area contributed by atoms with Crippen LogP contribution in [0.1, 0.15) is 98.2 Å². The van der Waals surface area contributed by atoms with Gasteiger partial charge in [0.25, 0.3) is 12.0 Å². The van der Waals surface area contributed by atoms with Crippen molar-refractivity contribution in [3.63, 3.8) is 0 Å². The highest BCUT2D eigenvalue weighted by molar-refractivity contribution is 5.65. The van der Waals surface area contributed by atoms with E-state index in [1.165, 1.54) is 12.5 Å². The Morgan fingerprint density at radius 3 is 1.97 bits per heavy atom. The first kappa shape index (κ1) is 34.4. The van der Waals surface area contributed by atoms with Crippen LogP contribution in [0.2, 0.25) is 0 Å². The minimum absolute atomic E-state index is 0.135. The van der Waals surface area contributed by atoms with Gasteiger partial charge in [-0.15, -0.1) is 0 Å². The zero-order valence-electron chi connectivity index (χ0n) is 21.6. The van der Waals surface area contributed by atoms with Gasteiger partial charge in [-0.1, -0.05) is 41.0 Å². The van der Waals surface area contributed by atoms with Gasteiger partial charge in [0.2, 0.25) is 0 Å². The van der Waals surface area contributed by atoms with E-state index in [0.717, 1.165) is 24.8 Å². The van der Waals surface area contributed by atoms with Gasteiger partial charge in [-0.2, -0.15) is 0 Å². The average Bonchev–Trinajstić information content (AvgIpc) is 2.70. The molecule has 0 aliphatic rings. The number of carbonyl (C=O) groups is 2. The Balaban J connectivity index is -0.000000460. The Labute approximate surface area is 194 Å². The molecule has 0 radical (unpaired) electrons. The van der Waals surface area contributed by atoms with Gasteiger partial charge in [-0.25, -0.2) is 4.39 Å². The van der Waals surface area contributed by atoms with E-state index >= 15 is 0 Å². The van der Waals surface area contributed by atoms with E-state index < -0.39 is 6.17 Å². The molecule has 0 aliphatic heterocycles. The molecular formula is C25H46FNO5. The Morgan fingerprint density at radius 1 is 1.19 bits per heavy atom. The number of carbonyl (C=O) groups excluding carboxylic acids is 1. The second-order valence-electron chi connectivity index (χ2n) is 7.90. The second-order valence-corrected chi connectivity index (χ2v) is 7.90. The van der Waals surface area contributed by atoms with Gasteiger partial charge < -0.3 is 14.4 Å². The van der Waals surface area contributed by atoms with Crippen LogP contribution in [0.25, 0.3) is 0 Å². The van der Waals surface area contributed by atoms with Crippen LogP contribution >= 0.6 is 0 Å². The zero-order chi connectivity index (χ0) is 25.7. The summed E-state index contributed by atoms with van der Waals surface area (Å²) < 4.78 is 18.2. The summed E-state index contributed by atoms with van der Waals surface area (Å²) in [7, 11) is 0. The molecule has 0 saturated carbocycles. The molecule has 6 nitrogen and oxygen atoms in total. The molecule has 1 rings (SSSR count). The van der Waals surface area contributed by atoms with E-state index in [0.29, 0.717) is 31.4 Å². The van der Waals surface area contributed by atoms with Gasteiger partial charge in [-0.05, 0) is 63.5 Å². The lowest BCUT2D eigenvalue weighted by molar-refractivity contribution is -0.140. The van der Waals surface area contributed by atoms with Crippen LogP contribution < -0.4 is 5.56 Å². The maximum Gasteiger partial charge on any atom is 0.302 e. The maximum atomic E-state index is 12.0. The van der Waals surface area contributed by atoms with Gasteiger partial charge >= 0.3 is 5.97 Å². The maximum absolute atomic E-state index is 12.0. The van der Waals surface area contributed by atoms with Crippen molar-refractivity contribution in [3.05, 3.63) is 33.7 Å². The predicted octanol–water partition coefficient (Wildman–Crippen LogP) is 6.13. The lowest BCUT2D eigenvalue weighted by Gasteiger charge is -2.19. The van der Waals surface area contributed by atoms with Gasteiger partial charge in [0.15, 0.2) is 0 Å². The Hall–Kier alpha value is -2.18. The number of ether oxygens (including phenoxy) is 1. The summed E-state index contributed by atoms with van der Waals surface area (Å²) in [6.45, 7) is 17.8. The highest BCUT2D eigenvalue weighted by Crippen LogP contribution is 2.17. The summed E-state index contributed by atoms with van der Waals surface area (Å²) in [5.74, 6) is 0.408. The number of alkyl halides is 1. The number of aromatic nitrogens is 1. The second kappa shape index (κ2) is 22.0. The molecule has 188 valence electrons. The molecule has 0 spiro atoms. The molecule has 7 heteroatoms. The standard InChI is InChI=1S/C15H25NO.C5H11F.C4H8O2.CH2O2/c1-6-7-14-10-16(13(5)8-11(2)3)15(17)9-12(14)4;1-3-5(6)4-2;1-3-6-4(2)5;2-1-3/h9-11,13H,6-8H2,1-5H3;5H,3-4H2,1-2H3;3H2,1-2H3;1H,(H,2,3). The van der Waals surface area contributed by atoms with E-state index in [4.69, 9.17) is 9.90 Å². The Morgan fingerprint density at radius 2 is 1.69 bits per heavy atom. The molecule has 1 aromatic heterocycles. The molecule has 1 heterocycles. The van der Waals surface area contributed by atoms with Crippen LogP contribution in [-0.2, 0) is 20.7 Å². The molecule has 1 unspecified atom stereocenters. The predicted molar refractivity (Wildman–Crippen MR) is 130 cm³/mol. The molecule has 0 bridgehead atoms. The number of aryl methyl sites for hydroxylation is 2. The quantitative estimate of drug-likeness (QED) is 0.373. The highest BCUT2D eigenvalue weighted by atomic mass is 19.1. The van der Waals surface area contributed by atoms with Crippen LogP contribution in [-0.4, -0.2) is 34.9 Å². The minimum Gasteiger partial charge on any atom is -0.483 e. The van der Waals surface area contributed by atoms with Crippen LogP contribution in [0.4, 0.5) is 4.39 Å². The molecule has 32 heavy (non-hydrogen) atoms. The number of esters is 1. The van der Waals surface area contributed by atoms with Gasteiger partial charge in [0.1, 0.15) is 0 Å². The Kier molecular flexibility index (Phi) is 23.7. The number of nitrogens with zero attached hydrogens (tertiary/aromatic N) is 1. The minimum atomic E-state index is -0.565. The Bertz CT molecular complexity index is 654. The summed E-state index contributed by atoms with van der Waals surface area (Å²) in [6.07, 6.45) is 6.05. The van der Waals surface area contributed by atoms with Crippen molar-refractivity contribution >= 4 is 12.4 Å². The first-order valence-electron chi connectivity index (χ1n) is 11.5. The number of hydrogen-bond donors (Lipinski definition) is 1. The van der Waals surface area contributed by atoms with E-state index in [-0.39, 0.29) is 18.0 Å². The third-order valence-electron chi connectivity index (χ3n) is 4.44. The average molecular weight is 460 g/mol. The van der Waals surface area contributed by atoms with E-state index in [9.17, 15) is 14.0 Å². The molecule has 1 N–H and O–H groups in total. The van der Waals surface area contributed by atoms with E-state index in [2.05, 4.69) is 38.6 Å². The summed E-state index contributed by atoms with van der Waals surface area (Å²) in [5, 5.41) is 6.89. The third kappa shape index (κ3) is 19.8. The van der Waals surface area contributed by atoms with E-state index in [1.807, 2.05) is 25.3 Å². The van der Waals surface area contributed by atoms with E-state index in [1.54, 1.807) is 13.0 Å².